The number of aromatic nitrogens is 1. The van der Waals surface area contributed by atoms with Crippen LogP contribution in [0.5, 0.6) is 0 Å². The lowest BCUT2D eigenvalue weighted by Crippen LogP contribution is -2.51. The van der Waals surface area contributed by atoms with Gasteiger partial charge in [0.15, 0.2) is 0 Å². The summed E-state index contributed by atoms with van der Waals surface area (Å²) in [4.78, 5) is 4.64. The number of fused-ring (bicyclic) bond motifs is 1. The van der Waals surface area contributed by atoms with Crippen LogP contribution in [0, 0.1) is 11.3 Å². The maximum Gasteiger partial charge on any atom is 0.144 e. The van der Waals surface area contributed by atoms with Gasteiger partial charge in [-0.2, -0.15) is 5.26 Å². The average molecular weight is 228 g/mol. The fraction of sp³-hybridized carbons (Fsp3) is 0.538. The van der Waals surface area contributed by atoms with E-state index in [1.54, 1.807) is 0 Å². The molecule has 0 aromatic carbocycles. The fourth-order valence-electron chi connectivity index (χ4n) is 2.41. The van der Waals surface area contributed by atoms with Crippen LogP contribution < -0.4 is 10.6 Å². The van der Waals surface area contributed by atoms with Crippen LogP contribution in [0.2, 0.25) is 0 Å². The van der Waals surface area contributed by atoms with Crippen molar-refractivity contribution in [3.8, 4) is 6.07 Å². The van der Waals surface area contributed by atoms with Crippen molar-refractivity contribution in [3.63, 3.8) is 0 Å². The van der Waals surface area contributed by atoms with E-state index in [0.717, 1.165) is 31.7 Å². The van der Waals surface area contributed by atoms with Gasteiger partial charge in [-0.25, -0.2) is 4.98 Å². The van der Waals surface area contributed by atoms with E-state index in [1.165, 1.54) is 24.1 Å². The maximum atomic E-state index is 9.18. The summed E-state index contributed by atoms with van der Waals surface area (Å²) in [5, 5.41) is 15.7. The highest BCUT2D eigenvalue weighted by molar-refractivity contribution is 5.55. The van der Waals surface area contributed by atoms with Crippen LogP contribution in [0.4, 0.5) is 5.82 Å². The van der Waals surface area contributed by atoms with E-state index in [2.05, 4.69) is 21.7 Å². The molecule has 0 amide bonds. The highest BCUT2D eigenvalue weighted by Crippen LogP contribution is 2.24. The summed E-state index contributed by atoms with van der Waals surface area (Å²) < 4.78 is 0. The number of nitrogens with one attached hydrogen (secondary N) is 2. The number of nitrogens with zero attached hydrogens (tertiary/aromatic N) is 2. The van der Waals surface area contributed by atoms with Gasteiger partial charge in [0.2, 0.25) is 0 Å². The third kappa shape index (κ3) is 1.98. The second-order valence-electron chi connectivity index (χ2n) is 4.81. The quantitative estimate of drug-likeness (QED) is 0.799. The largest absolute Gasteiger partial charge is 0.364 e. The molecule has 88 valence electrons. The number of aryl methyl sites for hydroxylation is 2. The van der Waals surface area contributed by atoms with E-state index in [0.29, 0.717) is 11.6 Å². The molecule has 0 unspecified atom stereocenters. The van der Waals surface area contributed by atoms with Crippen LogP contribution in [0.3, 0.4) is 0 Å². The summed E-state index contributed by atoms with van der Waals surface area (Å²) in [6.45, 7) is 1.92. The van der Waals surface area contributed by atoms with E-state index >= 15 is 0 Å². The number of rotatable bonds is 2. The van der Waals surface area contributed by atoms with Gasteiger partial charge >= 0.3 is 0 Å². The molecule has 17 heavy (non-hydrogen) atoms. The molecule has 4 nitrogen and oxygen atoms in total. The van der Waals surface area contributed by atoms with E-state index in [4.69, 9.17) is 0 Å². The zero-order chi connectivity index (χ0) is 11.7. The highest BCUT2D eigenvalue weighted by atomic mass is 15.1. The summed E-state index contributed by atoms with van der Waals surface area (Å²) in [6, 6.07) is 4.70. The fourth-order valence-corrected chi connectivity index (χ4v) is 2.41. The monoisotopic (exact) mass is 228 g/mol. The molecule has 0 spiro atoms. The standard InChI is InChI=1S/C13H16N4/c14-6-10-5-9-3-1-2-4-12(9)17-13(10)16-11-7-15-8-11/h5,11,15H,1-4,7-8H2,(H,16,17). The molecule has 1 fully saturated rings. The van der Waals surface area contributed by atoms with Crippen molar-refractivity contribution in [2.45, 2.75) is 31.7 Å². The predicted molar refractivity (Wildman–Crippen MR) is 65.9 cm³/mol. The molecule has 1 saturated heterocycles. The van der Waals surface area contributed by atoms with Crippen LogP contribution in [0.15, 0.2) is 6.07 Å². The second-order valence-corrected chi connectivity index (χ2v) is 4.81. The molecule has 1 aliphatic heterocycles. The van der Waals surface area contributed by atoms with E-state index < -0.39 is 0 Å². The van der Waals surface area contributed by atoms with E-state index in [9.17, 15) is 5.26 Å². The first-order valence-electron chi connectivity index (χ1n) is 6.27. The summed E-state index contributed by atoms with van der Waals surface area (Å²) in [5.41, 5.74) is 3.15. The smallest absolute Gasteiger partial charge is 0.144 e. The van der Waals surface area contributed by atoms with E-state index in [-0.39, 0.29) is 0 Å². The van der Waals surface area contributed by atoms with Crippen LogP contribution in [0.1, 0.15) is 29.7 Å². The number of nitriles is 1. The highest BCUT2D eigenvalue weighted by Gasteiger charge is 2.20. The molecule has 3 rings (SSSR count). The number of anilines is 1. The van der Waals surface area contributed by atoms with Crippen molar-refractivity contribution in [1.29, 1.82) is 5.26 Å². The molecular formula is C13H16N4. The molecule has 0 saturated carbocycles. The van der Waals surface area contributed by atoms with Crippen molar-refractivity contribution in [2.24, 2.45) is 0 Å². The van der Waals surface area contributed by atoms with Gasteiger partial charge in [-0.3, -0.25) is 0 Å². The Morgan fingerprint density at radius 3 is 2.88 bits per heavy atom. The van der Waals surface area contributed by atoms with E-state index in [1.807, 2.05) is 6.07 Å². The third-order valence-corrected chi connectivity index (χ3v) is 3.54. The predicted octanol–water partition coefficient (Wildman–Crippen LogP) is 1.22. The lowest BCUT2D eigenvalue weighted by atomic mass is 9.95. The second kappa shape index (κ2) is 4.34. The molecule has 1 aromatic heterocycles. The Morgan fingerprint density at radius 2 is 2.18 bits per heavy atom. The first-order chi connectivity index (χ1) is 8.36. The lowest BCUT2D eigenvalue weighted by Gasteiger charge is -2.29. The molecular weight excluding hydrogens is 212 g/mol. The normalized spacial score (nSPS) is 19.0. The Balaban J connectivity index is 1.92. The topological polar surface area (TPSA) is 60.7 Å². The van der Waals surface area contributed by atoms with Gasteiger partial charge in [-0.1, -0.05) is 0 Å². The molecule has 1 aliphatic carbocycles. The maximum absolute atomic E-state index is 9.18. The van der Waals surface area contributed by atoms with Crippen LogP contribution in [0.25, 0.3) is 0 Å². The molecule has 4 heteroatoms. The third-order valence-electron chi connectivity index (χ3n) is 3.54. The summed E-state index contributed by atoms with van der Waals surface area (Å²) in [7, 11) is 0. The Hall–Kier alpha value is -1.60. The number of hydrogen-bond acceptors (Lipinski definition) is 4. The molecule has 2 heterocycles. The molecule has 0 atom stereocenters. The van der Waals surface area contributed by atoms with Crippen LogP contribution >= 0.6 is 0 Å². The first-order valence-corrected chi connectivity index (χ1v) is 6.27. The van der Waals surface area contributed by atoms with Gasteiger partial charge in [0.25, 0.3) is 0 Å². The van der Waals surface area contributed by atoms with Crippen molar-refractivity contribution >= 4 is 5.82 Å². The summed E-state index contributed by atoms with van der Waals surface area (Å²) >= 11 is 0. The Bertz CT molecular complexity index is 471. The van der Waals surface area contributed by atoms with Gasteiger partial charge in [0, 0.05) is 18.8 Å². The lowest BCUT2D eigenvalue weighted by molar-refractivity contribution is 0.470. The van der Waals surface area contributed by atoms with Gasteiger partial charge in [-0.05, 0) is 37.3 Å². The first kappa shape index (κ1) is 10.5. The summed E-state index contributed by atoms with van der Waals surface area (Å²) in [5.74, 6) is 0.777. The minimum Gasteiger partial charge on any atom is -0.364 e. The minimum atomic E-state index is 0.427. The van der Waals surface area contributed by atoms with Gasteiger partial charge in [0.05, 0.1) is 11.6 Å². The zero-order valence-electron chi connectivity index (χ0n) is 9.79. The van der Waals surface area contributed by atoms with Crippen molar-refractivity contribution in [1.82, 2.24) is 10.3 Å². The number of pyridine rings is 1. The van der Waals surface area contributed by atoms with Gasteiger partial charge in [-0.15, -0.1) is 0 Å². The Labute approximate surface area is 101 Å². The molecule has 0 radical (unpaired) electrons. The van der Waals surface area contributed by atoms with Gasteiger partial charge < -0.3 is 10.6 Å². The van der Waals surface area contributed by atoms with Crippen molar-refractivity contribution in [2.75, 3.05) is 18.4 Å². The Kier molecular flexibility index (Phi) is 2.69. The van der Waals surface area contributed by atoms with Gasteiger partial charge in [0.1, 0.15) is 11.9 Å². The molecule has 0 bridgehead atoms. The van der Waals surface area contributed by atoms with Crippen molar-refractivity contribution in [3.05, 3.63) is 22.9 Å². The van der Waals surface area contributed by atoms with Crippen LogP contribution in [-0.2, 0) is 12.8 Å². The molecule has 1 aromatic rings. The summed E-state index contributed by atoms with van der Waals surface area (Å²) in [6.07, 6.45) is 4.57. The SMILES string of the molecule is N#Cc1cc2c(nc1NC1CNC1)CCCC2. The minimum absolute atomic E-state index is 0.427. The van der Waals surface area contributed by atoms with Crippen LogP contribution in [-0.4, -0.2) is 24.1 Å². The number of hydrogen-bond donors (Lipinski definition) is 2. The average Bonchev–Trinajstić information content (AvgIpc) is 2.32. The van der Waals surface area contributed by atoms with Crippen molar-refractivity contribution < 1.29 is 0 Å². The molecule has 2 N–H and O–H groups in total. The zero-order valence-corrected chi connectivity index (χ0v) is 9.79. The Morgan fingerprint density at radius 1 is 1.35 bits per heavy atom. The molecule has 2 aliphatic rings.